The van der Waals surface area contributed by atoms with Crippen molar-refractivity contribution < 1.29 is 24.2 Å². The molecule has 1 aliphatic carbocycles. The SMILES string of the molecule is CCOC(=O)c1cc(OCC2CC2)cc(-c2cccc(-c3cc(NC(=O)Nc4c(O)cncc4Cl)c(=O)n(CC)n3)c2)c1. The summed E-state index contributed by atoms with van der Waals surface area (Å²) in [7, 11) is 0. The number of hydrogen-bond donors (Lipinski definition) is 3. The highest BCUT2D eigenvalue weighted by atomic mass is 35.5. The molecule has 2 amide bonds. The van der Waals surface area contributed by atoms with E-state index in [0.717, 1.165) is 30.2 Å². The van der Waals surface area contributed by atoms with Crippen LogP contribution in [0, 0.1) is 5.92 Å². The maximum absolute atomic E-state index is 13.0. The summed E-state index contributed by atoms with van der Waals surface area (Å²) in [5, 5.41) is 19.5. The number of esters is 1. The zero-order chi connectivity index (χ0) is 30.5. The Morgan fingerprint density at radius 3 is 2.56 bits per heavy atom. The number of nitrogens with zero attached hydrogens (tertiary/aromatic N) is 3. The van der Waals surface area contributed by atoms with E-state index in [-0.39, 0.29) is 35.3 Å². The van der Waals surface area contributed by atoms with Crippen LogP contribution in [0.4, 0.5) is 16.2 Å². The number of halogens is 1. The molecule has 222 valence electrons. The molecule has 2 aromatic heterocycles. The molecular weight excluding hydrogens is 574 g/mol. The number of amides is 2. The number of ether oxygens (including phenoxy) is 2. The molecule has 12 heteroatoms. The predicted octanol–water partition coefficient (Wildman–Crippen LogP) is 5.96. The van der Waals surface area contributed by atoms with Crippen molar-refractivity contribution >= 4 is 35.0 Å². The number of nitrogens with one attached hydrogen (secondary N) is 2. The zero-order valence-electron chi connectivity index (χ0n) is 23.6. The highest BCUT2D eigenvalue weighted by Crippen LogP contribution is 2.33. The second kappa shape index (κ2) is 13.0. The third-order valence-corrected chi connectivity index (χ3v) is 7.02. The highest BCUT2D eigenvalue weighted by molar-refractivity contribution is 6.34. The summed E-state index contributed by atoms with van der Waals surface area (Å²) in [4.78, 5) is 42.1. The Hall–Kier alpha value is -4.90. The summed E-state index contributed by atoms with van der Waals surface area (Å²) in [5.41, 5.74) is 2.42. The lowest BCUT2D eigenvalue weighted by molar-refractivity contribution is 0.0526. The topological polar surface area (TPSA) is 145 Å². The van der Waals surface area contributed by atoms with E-state index in [1.807, 2.05) is 30.3 Å². The first kappa shape index (κ1) is 29.6. The molecule has 5 rings (SSSR count). The fourth-order valence-electron chi connectivity index (χ4n) is 4.34. The van der Waals surface area contributed by atoms with E-state index in [0.29, 0.717) is 35.1 Å². The van der Waals surface area contributed by atoms with Crippen LogP contribution in [0.2, 0.25) is 5.02 Å². The third-order valence-electron chi connectivity index (χ3n) is 6.73. The maximum atomic E-state index is 13.0. The second-order valence-corrected chi connectivity index (χ2v) is 10.4. The Labute approximate surface area is 252 Å². The van der Waals surface area contributed by atoms with Crippen LogP contribution in [0.15, 0.2) is 65.7 Å². The minimum Gasteiger partial charge on any atom is -0.504 e. The second-order valence-electron chi connectivity index (χ2n) is 9.96. The van der Waals surface area contributed by atoms with E-state index >= 15 is 0 Å². The molecule has 2 heterocycles. The molecular formula is C31H30ClN5O6. The largest absolute Gasteiger partial charge is 0.504 e. The van der Waals surface area contributed by atoms with Crippen LogP contribution in [0.3, 0.4) is 0 Å². The molecule has 11 nitrogen and oxygen atoms in total. The van der Waals surface area contributed by atoms with Gasteiger partial charge in [-0.05, 0) is 74.1 Å². The average Bonchev–Trinajstić information content (AvgIpc) is 3.84. The van der Waals surface area contributed by atoms with Crippen molar-refractivity contribution in [2.45, 2.75) is 33.2 Å². The molecule has 0 spiro atoms. The van der Waals surface area contributed by atoms with Gasteiger partial charge in [-0.1, -0.05) is 29.8 Å². The number of benzene rings is 2. The van der Waals surface area contributed by atoms with E-state index in [1.54, 1.807) is 26.0 Å². The standard InChI is InChI=1S/C31H30ClN5O6/c1-3-37-29(39)26(34-31(41)35-28-24(32)15-33-16-27(28)38)14-25(36-37)20-7-5-6-19(10-20)21-11-22(30(40)42-4-2)13-23(12-21)43-17-18-8-9-18/h5-7,10-16,18,38H,3-4,8-9,17H2,1-2H3,(H2,33,34,35,41). The van der Waals surface area contributed by atoms with Crippen molar-refractivity contribution in [2.24, 2.45) is 5.92 Å². The van der Waals surface area contributed by atoms with Crippen LogP contribution in [0.25, 0.3) is 22.4 Å². The van der Waals surface area contributed by atoms with Gasteiger partial charge in [-0.2, -0.15) is 5.10 Å². The minimum atomic E-state index is -0.788. The van der Waals surface area contributed by atoms with Gasteiger partial charge in [0, 0.05) is 18.3 Å². The molecule has 2 aromatic carbocycles. The van der Waals surface area contributed by atoms with E-state index in [1.165, 1.54) is 16.9 Å². The lowest BCUT2D eigenvalue weighted by atomic mass is 9.99. The number of pyridine rings is 1. The first-order chi connectivity index (χ1) is 20.7. The molecule has 0 aliphatic heterocycles. The molecule has 0 saturated heterocycles. The zero-order valence-corrected chi connectivity index (χ0v) is 24.4. The van der Waals surface area contributed by atoms with E-state index in [4.69, 9.17) is 21.1 Å². The number of rotatable bonds is 10. The molecule has 1 saturated carbocycles. The first-order valence-electron chi connectivity index (χ1n) is 13.8. The van der Waals surface area contributed by atoms with Gasteiger partial charge in [-0.3, -0.25) is 9.78 Å². The van der Waals surface area contributed by atoms with Gasteiger partial charge in [0.2, 0.25) is 0 Å². The van der Waals surface area contributed by atoms with Gasteiger partial charge in [0.15, 0.2) is 5.75 Å². The number of carbonyl (C=O) groups excluding carboxylic acids is 2. The van der Waals surface area contributed by atoms with Gasteiger partial charge in [-0.25, -0.2) is 14.3 Å². The predicted molar refractivity (Wildman–Crippen MR) is 163 cm³/mol. The Morgan fingerprint density at radius 2 is 1.84 bits per heavy atom. The number of urea groups is 1. The lowest BCUT2D eigenvalue weighted by Crippen LogP contribution is -2.29. The molecule has 1 aliphatic rings. The van der Waals surface area contributed by atoms with E-state index in [2.05, 4.69) is 20.7 Å². The molecule has 0 atom stereocenters. The number of aromatic hydroxyl groups is 1. The first-order valence-corrected chi connectivity index (χ1v) is 14.2. The van der Waals surface area contributed by atoms with Crippen LogP contribution in [0.1, 0.15) is 37.0 Å². The Kier molecular flexibility index (Phi) is 8.91. The normalized spacial score (nSPS) is 12.4. The Morgan fingerprint density at radius 1 is 1.05 bits per heavy atom. The van der Waals surface area contributed by atoms with Gasteiger partial charge in [0.05, 0.1) is 35.7 Å². The van der Waals surface area contributed by atoms with Crippen LogP contribution in [-0.2, 0) is 11.3 Å². The third kappa shape index (κ3) is 7.12. The Balaban J connectivity index is 1.47. The van der Waals surface area contributed by atoms with Gasteiger partial charge in [0.25, 0.3) is 5.56 Å². The van der Waals surface area contributed by atoms with Crippen molar-refractivity contribution in [1.29, 1.82) is 0 Å². The van der Waals surface area contributed by atoms with Crippen LogP contribution in [-0.4, -0.2) is 45.1 Å². The van der Waals surface area contributed by atoms with Crippen molar-refractivity contribution in [3.05, 3.63) is 81.9 Å². The number of hydrogen-bond acceptors (Lipinski definition) is 8. The molecule has 1 fully saturated rings. The van der Waals surface area contributed by atoms with E-state index in [9.17, 15) is 19.5 Å². The summed E-state index contributed by atoms with van der Waals surface area (Å²) in [6, 6.07) is 13.4. The molecule has 3 N–H and O–H groups in total. The summed E-state index contributed by atoms with van der Waals surface area (Å²) in [6.45, 7) is 4.61. The monoisotopic (exact) mass is 603 g/mol. The summed E-state index contributed by atoms with van der Waals surface area (Å²) >= 11 is 6.04. The number of aryl methyl sites for hydroxylation is 1. The number of anilines is 2. The lowest BCUT2D eigenvalue weighted by Gasteiger charge is -2.14. The maximum Gasteiger partial charge on any atom is 0.338 e. The molecule has 43 heavy (non-hydrogen) atoms. The van der Waals surface area contributed by atoms with Gasteiger partial charge in [0.1, 0.15) is 17.1 Å². The van der Waals surface area contributed by atoms with Crippen LogP contribution in [0.5, 0.6) is 11.5 Å². The fourth-order valence-corrected chi connectivity index (χ4v) is 4.54. The highest BCUT2D eigenvalue weighted by Gasteiger charge is 2.22. The van der Waals surface area contributed by atoms with Crippen LogP contribution >= 0.6 is 11.6 Å². The fraction of sp³-hybridized carbons (Fsp3) is 0.258. The number of aromatic nitrogens is 3. The Bertz CT molecular complexity index is 1720. The van der Waals surface area contributed by atoms with Gasteiger partial charge < -0.3 is 25.2 Å². The van der Waals surface area contributed by atoms with Crippen molar-refractivity contribution in [2.75, 3.05) is 23.8 Å². The smallest absolute Gasteiger partial charge is 0.338 e. The van der Waals surface area contributed by atoms with Crippen molar-refractivity contribution in [1.82, 2.24) is 14.8 Å². The molecule has 4 aromatic rings. The quantitative estimate of drug-likeness (QED) is 0.188. The van der Waals surface area contributed by atoms with Crippen LogP contribution < -0.4 is 20.9 Å². The number of carbonyl (C=O) groups is 2. The van der Waals surface area contributed by atoms with Crippen molar-refractivity contribution in [3.63, 3.8) is 0 Å². The average molecular weight is 604 g/mol. The molecule has 0 bridgehead atoms. The summed E-state index contributed by atoms with van der Waals surface area (Å²) in [5.74, 6) is 0.349. The summed E-state index contributed by atoms with van der Waals surface area (Å²) in [6.07, 6.45) is 4.67. The molecule has 0 unspecified atom stereocenters. The molecule has 0 radical (unpaired) electrons. The minimum absolute atomic E-state index is 0.0282. The van der Waals surface area contributed by atoms with Crippen molar-refractivity contribution in [3.8, 4) is 33.9 Å². The van der Waals surface area contributed by atoms with Gasteiger partial charge in [-0.15, -0.1) is 0 Å². The van der Waals surface area contributed by atoms with E-state index < -0.39 is 17.6 Å². The summed E-state index contributed by atoms with van der Waals surface area (Å²) < 4.78 is 12.5. The van der Waals surface area contributed by atoms with Gasteiger partial charge >= 0.3 is 12.0 Å².